The molecule has 13 heteroatoms. The van der Waals surface area contributed by atoms with Gasteiger partial charge in [-0.3, -0.25) is 4.90 Å². The highest BCUT2D eigenvalue weighted by Crippen LogP contribution is 2.38. The first-order valence-corrected chi connectivity index (χ1v) is 14.4. The molecular weight excluding hydrogens is 539 g/mol. The Balaban J connectivity index is 1.38. The van der Waals surface area contributed by atoms with Crippen molar-refractivity contribution in [3.8, 4) is 0 Å². The Kier molecular flexibility index (Phi) is 11.0. The third kappa shape index (κ3) is 8.58. The number of rotatable bonds is 11. The molecule has 1 aliphatic heterocycles. The standard InChI is InChI=1S/C21H31Cl2N4O4S3/c1-13-8-16(22)17(23)9-14(13)10-26-4-6-31-15(11-26)12-27(30)5-7-32-19-24-25-20(33-19)34-21(2,3)18(28)29/h8-9,13-15,18,28-29H,4-7,10-12H2,1-3H3/q-1. The molecule has 0 amide bonds. The van der Waals surface area contributed by atoms with Gasteiger partial charge in [0, 0.05) is 31.9 Å². The molecule has 192 valence electrons. The Morgan fingerprint density at radius 2 is 2.00 bits per heavy atom. The zero-order valence-corrected chi connectivity index (χ0v) is 23.4. The van der Waals surface area contributed by atoms with Gasteiger partial charge in [-0.05, 0) is 32.2 Å². The van der Waals surface area contributed by atoms with Crippen molar-refractivity contribution in [1.29, 1.82) is 0 Å². The van der Waals surface area contributed by atoms with Gasteiger partial charge in [0.1, 0.15) is 0 Å². The maximum absolute atomic E-state index is 12.5. The highest BCUT2D eigenvalue weighted by atomic mass is 35.5. The number of ether oxygens (including phenoxy) is 1. The van der Waals surface area contributed by atoms with E-state index >= 15 is 0 Å². The maximum Gasteiger partial charge on any atom is 0.175 e. The molecule has 2 aliphatic rings. The van der Waals surface area contributed by atoms with Crippen LogP contribution in [0.4, 0.5) is 0 Å². The van der Waals surface area contributed by atoms with Crippen LogP contribution in [0.5, 0.6) is 0 Å². The summed E-state index contributed by atoms with van der Waals surface area (Å²) in [7, 11) is 0. The number of aliphatic hydroxyl groups is 2. The average molecular weight is 571 g/mol. The van der Waals surface area contributed by atoms with E-state index < -0.39 is 11.0 Å². The Morgan fingerprint density at radius 3 is 2.74 bits per heavy atom. The van der Waals surface area contributed by atoms with Crippen molar-refractivity contribution in [3.63, 3.8) is 0 Å². The minimum absolute atomic E-state index is 0.134. The third-order valence-corrected chi connectivity index (χ3v) is 9.78. The first-order chi connectivity index (χ1) is 16.0. The first-order valence-electron chi connectivity index (χ1n) is 11.1. The SMILES string of the molecule is CC1C=C(Cl)C(Cl)=CC1CN1CCOC(CN([O-])CCSc2nnc(SC(C)(C)C(O)O)s2)C1. The van der Waals surface area contributed by atoms with Gasteiger partial charge in [0.2, 0.25) is 0 Å². The van der Waals surface area contributed by atoms with Gasteiger partial charge >= 0.3 is 0 Å². The number of aromatic nitrogens is 2. The Hall–Kier alpha value is 0.0800. The topological polar surface area (TPSA) is 105 Å². The Morgan fingerprint density at radius 1 is 1.29 bits per heavy atom. The minimum Gasteiger partial charge on any atom is -0.785 e. The van der Waals surface area contributed by atoms with E-state index in [0.717, 1.165) is 22.5 Å². The highest BCUT2D eigenvalue weighted by molar-refractivity contribution is 8.04. The molecule has 1 aliphatic carbocycles. The quantitative estimate of drug-likeness (QED) is 0.232. The molecule has 0 spiro atoms. The van der Waals surface area contributed by atoms with Crippen LogP contribution < -0.4 is 0 Å². The zero-order chi connectivity index (χ0) is 24.9. The number of hydroxylamine groups is 2. The van der Waals surface area contributed by atoms with Crippen LogP contribution in [0.2, 0.25) is 0 Å². The normalized spacial score (nSPS) is 24.6. The second-order valence-electron chi connectivity index (χ2n) is 8.95. The van der Waals surface area contributed by atoms with Crippen LogP contribution in [-0.4, -0.2) is 92.6 Å². The van der Waals surface area contributed by atoms with Gasteiger partial charge in [0.05, 0.1) is 27.5 Å². The molecule has 3 unspecified atom stereocenters. The van der Waals surface area contributed by atoms with Crippen LogP contribution in [0, 0.1) is 17.0 Å². The predicted octanol–water partition coefficient (Wildman–Crippen LogP) is 3.82. The summed E-state index contributed by atoms with van der Waals surface area (Å²) >= 11 is 16.5. The van der Waals surface area contributed by atoms with Crippen molar-refractivity contribution in [3.05, 3.63) is 27.4 Å². The van der Waals surface area contributed by atoms with Crippen molar-refractivity contribution < 1.29 is 14.9 Å². The van der Waals surface area contributed by atoms with E-state index in [-0.39, 0.29) is 12.0 Å². The number of halogens is 2. The van der Waals surface area contributed by atoms with Crippen LogP contribution in [0.1, 0.15) is 20.8 Å². The van der Waals surface area contributed by atoms with Gasteiger partial charge in [-0.15, -0.1) is 10.2 Å². The summed E-state index contributed by atoms with van der Waals surface area (Å²) in [6.07, 6.45) is 2.44. The third-order valence-electron chi connectivity index (χ3n) is 5.70. The Bertz CT molecular complexity index is 871. The number of allylic oxidation sites excluding steroid dienone is 3. The van der Waals surface area contributed by atoms with Crippen molar-refractivity contribution in [2.45, 2.75) is 46.6 Å². The second-order valence-corrected chi connectivity index (χ2v) is 14.0. The maximum atomic E-state index is 12.5. The number of nitrogens with zero attached hydrogens (tertiary/aromatic N) is 4. The smallest absolute Gasteiger partial charge is 0.175 e. The molecule has 1 saturated heterocycles. The molecule has 0 bridgehead atoms. The molecule has 2 heterocycles. The molecule has 0 radical (unpaired) electrons. The summed E-state index contributed by atoms with van der Waals surface area (Å²) in [5, 5.41) is 41.8. The number of hydrogen-bond donors (Lipinski definition) is 2. The van der Waals surface area contributed by atoms with E-state index in [9.17, 15) is 15.4 Å². The highest BCUT2D eigenvalue weighted by Gasteiger charge is 2.29. The lowest BCUT2D eigenvalue weighted by Gasteiger charge is -2.39. The molecule has 3 atom stereocenters. The molecule has 34 heavy (non-hydrogen) atoms. The van der Waals surface area contributed by atoms with Crippen LogP contribution in [0.15, 0.2) is 30.9 Å². The van der Waals surface area contributed by atoms with Crippen LogP contribution in [-0.2, 0) is 4.74 Å². The lowest BCUT2D eigenvalue weighted by Crippen LogP contribution is -2.48. The van der Waals surface area contributed by atoms with Crippen molar-refractivity contribution >= 4 is 58.1 Å². The molecule has 3 rings (SSSR count). The van der Waals surface area contributed by atoms with Crippen LogP contribution in [0.3, 0.4) is 0 Å². The summed E-state index contributed by atoms with van der Waals surface area (Å²) in [5.74, 6) is 1.18. The summed E-state index contributed by atoms with van der Waals surface area (Å²) < 4.78 is 6.48. The fraction of sp³-hybridized carbons (Fsp3) is 0.714. The van der Waals surface area contributed by atoms with Crippen molar-refractivity contribution in [2.24, 2.45) is 11.8 Å². The molecule has 1 fully saturated rings. The van der Waals surface area contributed by atoms with Gasteiger partial charge in [0.25, 0.3) is 0 Å². The zero-order valence-electron chi connectivity index (χ0n) is 19.4. The molecule has 1 aromatic rings. The number of hydrogen-bond acceptors (Lipinski definition) is 11. The minimum atomic E-state index is -1.46. The van der Waals surface area contributed by atoms with E-state index in [1.165, 1.54) is 34.9 Å². The number of thioether (sulfide) groups is 2. The number of morpholine rings is 1. The van der Waals surface area contributed by atoms with Crippen molar-refractivity contribution in [1.82, 2.24) is 20.2 Å². The van der Waals surface area contributed by atoms with Gasteiger partial charge < -0.3 is 25.2 Å². The molecule has 0 aromatic carbocycles. The summed E-state index contributed by atoms with van der Waals surface area (Å²) in [6, 6.07) is 0. The predicted molar refractivity (Wildman–Crippen MR) is 140 cm³/mol. The van der Waals surface area contributed by atoms with E-state index in [1.807, 2.05) is 12.2 Å². The van der Waals surface area contributed by atoms with E-state index in [2.05, 4.69) is 22.0 Å². The first kappa shape index (κ1) is 28.6. The van der Waals surface area contributed by atoms with Crippen LogP contribution in [0.25, 0.3) is 0 Å². The largest absolute Gasteiger partial charge is 0.785 e. The molecule has 8 nitrogen and oxygen atoms in total. The van der Waals surface area contributed by atoms with E-state index in [4.69, 9.17) is 27.9 Å². The number of aliphatic hydroxyl groups excluding tert-OH is 1. The summed E-state index contributed by atoms with van der Waals surface area (Å²) in [5.41, 5.74) is 0. The van der Waals surface area contributed by atoms with E-state index in [0.29, 0.717) is 52.3 Å². The summed E-state index contributed by atoms with van der Waals surface area (Å²) in [6.45, 7) is 9.27. The average Bonchev–Trinajstić information content (AvgIpc) is 3.18. The second kappa shape index (κ2) is 13.0. The monoisotopic (exact) mass is 569 g/mol. The lowest BCUT2D eigenvalue weighted by atomic mass is 9.89. The van der Waals surface area contributed by atoms with Gasteiger partial charge in [-0.1, -0.05) is 77.1 Å². The Labute approximate surface area is 223 Å². The lowest BCUT2D eigenvalue weighted by molar-refractivity contribution is -0.0606. The van der Waals surface area contributed by atoms with E-state index in [1.54, 1.807) is 13.8 Å². The van der Waals surface area contributed by atoms with Gasteiger partial charge in [-0.2, -0.15) is 0 Å². The summed E-state index contributed by atoms with van der Waals surface area (Å²) in [4.78, 5) is 2.33. The van der Waals surface area contributed by atoms with Crippen LogP contribution >= 0.6 is 58.1 Å². The molecule has 1 aromatic heterocycles. The van der Waals surface area contributed by atoms with Crippen molar-refractivity contribution in [2.75, 3.05) is 45.1 Å². The molecule has 0 saturated carbocycles. The van der Waals surface area contributed by atoms with Gasteiger partial charge in [0.15, 0.2) is 15.0 Å². The molecular formula is C21H31Cl2N4O4S3-. The fourth-order valence-electron chi connectivity index (χ4n) is 3.55. The fourth-order valence-corrected chi connectivity index (χ4v) is 7.49. The van der Waals surface area contributed by atoms with Gasteiger partial charge in [-0.25, -0.2) is 0 Å². The molecule has 2 N–H and O–H groups in total.